The lowest BCUT2D eigenvalue weighted by Crippen LogP contribution is -2.64. The molecule has 3 rings (SSSR count). The van der Waals surface area contributed by atoms with Gasteiger partial charge in [0.25, 0.3) is 0 Å². The number of nitro groups is 1. The van der Waals surface area contributed by atoms with Gasteiger partial charge in [-0.25, -0.2) is 4.99 Å². The van der Waals surface area contributed by atoms with Crippen LogP contribution < -0.4 is 22.1 Å². The fraction of sp³-hybridized carbons (Fsp3) is 0.526. The molecular formula is C19H26Cl2N6O2. The van der Waals surface area contributed by atoms with Crippen LogP contribution >= 0.6 is 23.2 Å². The first-order valence-corrected chi connectivity index (χ1v) is 10.4. The van der Waals surface area contributed by atoms with Gasteiger partial charge in [0.15, 0.2) is 11.6 Å². The number of nitrogens with two attached hydrogens (primary N) is 2. The van der Waals surface area contributed by atoms with E-state index < -0.39 is 10.6 Å². The van der Waals surface area contributed by atoms with Gasteiger partial charge < -0.3 is 16.4 Å². The Balaban J connectivity index is 1.74. The quantitative estimate of drug-likeness (QED) is 0.397. The molecule has 1 heterocycles. The minimum atomic E-state index is -1.30. The Morgan fingerprint density at radius 1 is 1.24 bits per heavy atom. The van der Waals surface area contributed by atoms with E-state index in [9.17, 15) is 10.1 Å². The minimum absolute atomic E-state index is 0.0989. The van der Waals surface area contributed by atoms with Gasteiger partial charge >= 0.3 is 5.70 Å². The van der Waals surface area contributed by atoms with Crippen LogP contribution in [0.3, 0.4) is 0 Å². The van der Waals surface area contributed by atoms with Gasteiger partial charge in [-0.1, -0.05) is 35.3 Å². The summed E-state index contributed by atoms with van der Waals surface area (Å²) in [5, 5.41) is 18.3. The molecule has 0 radical (unpaired) electrons. The average Bonchev–Trinajstić information content (AvgIpc) is 2.69. The van der Waals surface area contributed by atoms with E-state index in [-0.39, 0.29) is 12.2 Å². The Morgan fingerprint density at radius 2 is 1.93 bits per heavy atom. The lowest BCUT2D eigenvalue weighted by atomic mass is 9.77. The number of hydrogen-bond acceptors (Lipinski definition) is 5. The van der Waals surface area contributed by atoms with Crippen molar-refractivity contribution in [1.29, 1.82) is 0 Å². The molecule has 0 aromatic heterocycles. The summed E-state index contributed by atoms with van der Waals surface area (Å²) < 4.78 is 0. The van der Waals surface area contributed by atoms with Gasteiger partial charge in [0.05, 0.1) is 27.7 Å². The second-order valence-corrected chi connectivity index (χ2v) is 8.52. The van der Waals surface area contributed by atoms with Gasteiger partial charge in [-0.2, -0.15) is 0 Å². The van der Waals surface area contributed by atoms with Crippen LogP contribution in [-0.4, -0.2) is 23.1 Å². The zero-order valence-corrected chi connectivity index (χ0v) is 17.5. The summed E-state index contributed by atoms with van der Waals surface area (Å²) in [6.07, 6.45) is 5.76. The highest BCUT2D eigenvalue weighted by molar-refractivity contribution is 6.42. The van der Waals surface area contributed by atoms with E-state index in [0.717, 1.165) is 31.2 Å². The smallest absolute Gasteiger partial charge is 0.301 e. The van der Waals surface area contributed by atoms with Crippen molar-refractivity contribution >= 4 is 29.2 Å². The van der Waals surface area contributed by atoms with E-state index in [1.165, 1.54) is 6.20 Å². The second kappa shape index (κ2) is 9.30. The molecule has 1 fully saturated rings. The SMILES string of the molecule is NCC1CCC(CC2(N)NC(=NCc3cccc(Cl)c3Cl)NC=C2[N+](=O)[O-])CC1. The van der Waals surface area contributed by atoms with Gasteiger partial charge in [0.2, 0.25) is 0 Å². The van der Waals surface area contributed by atoms with Crippen molar-refractivity contribution < 1.29 is 4.92 Å². The summed E-state index contributed by atoms with van der Waals surface area (Å²) >= 11 is 12.2. The van der Waals surface area contributed by atoms with E-state index in [4.69, 9.17) is 34.7 Å². The van der Waals surface area contributed by atoms with E-state index in [0.29, 0.717) is 40.8 Å². The summed E-state index contributed by atoms with van der Waals surface area (Å²) in [5.41, 5.74) is 11.6. The Labute approximate surface area is 179 Å². The molecule has 0 amide bonds. The molecule has 1 aromatic carbocycles. The zero-order chi connectivity index (χ0) is 21.0. The minimum Gasteiger partial charge on any atom is -0.330 e. The molecule has 1 saturated carbocycles. The lowest BCUT2D eigenvalue weighted by Gasteiger charge is -2.37. The standard InChI is InChI=1S/C19H26Cl2N6O2/c20-15-3-1-2-14(17(15)21)10-24-18-25-11-16(27(28)29)19(23,26-18)8-12-4-6-13(9-22)7-5-12/h1-3,11-13H,4-10,22-23H2,(H2,24,25,26). The molecule has 1 aliphatic heterocycles. The van der Waals surface area contributed by atoms with E-state index >= 15 is 0 Å². The van der Waals surface area contributed by atoms with E-state index in [1.54, 1.807) is 12.1 Å². The van der Waals surface area contributed by atoms with E-state index in [1.807, 2.05) is 6.07 Å². The van der Waals surface area contributed by atoms with Crippen LogP contribution in [0.1, 0.15) is 37.7 Å². The number of nitrogens with one attached hydrogen (secondary N) is 2. The van der Waals surface area contributed by atoms with Crippen molar-refractivity contribution in [2.75, 3.05) is 6.54 Å². The number of nitrogens with zero attached hydrogens (tertiary/aromatic N) is 2. The number of guanidine groups is 1. The molecule has 2 aliphatic rings. The van der Waals surface area contributed by atoms with Crippen molar-refractivity contribution in [1.82, 2.24) is 10.6 Å². The van der Waals surface area contributed by atoms with Crippen molar-refractivity contribution in [2.24, 2.45) is 28.3 Å². The average molecular weight is 441 g/mol. The summed E-state index contributed by atoms with van der Waals surface area (Å²) in [6.45, 7) is 0.944. The number of rotatable bonds is 6. The first kappa shape index (κ1) is 21.8. The fourth-order valence-corrected chi connectivity index (χ4v) is 4.37. The summed E-state index contributed by atoms with van der Waals surface area (Å²) in [5.74, 6) is 1.19. The van der Waals surface area contributed by atoms with Crippen molar-refractivity contribution in [3.63, 3.8) is 0 Å². The molecule has 0 saturated heterocycles. The topological polar surface area (TPSA) is 132 Å². The summed E-state index contributed by atoms with van der Waals surface area (Å²) in [4.78, 5) is 15.6. The Bertz CT molecular complexity index is 823. The first-order valence-electron chi connectivity index (χ1n) is 9.68. The van der Waals surface area contributed by atoms with Crippen LogP contribution in [0.15, 0.2) is 35.1 Å². The molecule has 29 heavy (non-hydrogen) atoms. The van der Waals surface area contributed by atoms with Gasteiger partial charge in [-0.05, 0) is 62.1 Å². The third-order valence-corrected chi connectivity index (χ3v) is 6.55. The molecule has 158 valence electrons. The predicted molar refractivity (Wildman–Crippen MR) is 115 cm³/mol. The van der Waals surface area contributed by atoms with Crippen LogP contribution in [0.5, 0.6) is 0 Å². The second-order valence-electron chi connectivity index (χ2n) is 7.73. The Morgan fingerprint density at radius 3 is 2.59 bits per heavy atom. The maximum atomic E-state index is 11.6. The van der Waals surface area contributed by atoms with Gasteiger partial charge in [-0.15, -0.1) is 0 Å². The van der Waals surface area contributed by atoms with Gasteiger partial charge in [0, 0.05) is 0 Å². The molecule has 1 atom stereocenters. The molecule has 1 unspecified atom stereocenters. The number of hydrogen-bond donors (Lipinski definition) is 4. The number of halogens is 2. The zero-order valence-electron chi connectivity index (χ0n) is 16.0. The van der Waals surface area contributed by atoms with Gasteiger partial charge in [0.1, 0.15) is 0 Å². The van der Waals surface area contributed by atoms with Crippen molar-refractivity contribution in [3.8, 4) is 0 Å². The van der Waals surface area contributed by atoms with Crippen LogP contribution in [0.2, 0.25) is 10.0 Å². The maximum absolute atomic E-state index is 11.6. The highest BCUT2D eigenvalue weighted by atomic mass is 35.5. The predicted octanol–water partition coefficient (Wildman–Crippen LogP) is 2.97. The normalized spacial score (nSPS) is 28.4. The molecule has 1 aliphatic carbocycles. The molecule has 1 aromatic rings. The Hall–Kier alpha value is -1.87. The van der Waals surface area contributed by atoms with Crippen LogP contribution in [-0.2, 0) is 6.54 Å². The molecule has 6 N–H and O–H groups in total. The Kier molecular flexibility index (Phi) is 7.00. The molecule has 0 bridgehead atoms. The molecule has 8 nitrogen and oxygen atoms in total. The first-order chi connectivity index (χ1) is 13.8. The highest BCUT2D eigenvalue weighted by Crippen LogP contribution is 2.34. The third kappa shape index (κ3) is 5.19. The lowest BCUT2D eigenvalue weighted by molar-refractivity contribution is -0.437. The van der Waals surface area contributed by atoms with Crippen molar-refractivity contribution in [3.05, 3.63) is 55.8 Å². The highest BCUT2D eigenvalue weighted by Gasteiger charge is 2.44. The van der Waals surface area contributed by atoms with Crippen LogP contribution in [0, 0.1) is 22.0 Å². The van der Waals surface area contributed by atoms with Crippen LogP contribution in [0.4, 0.5) is 0 Å². The fourth-order valence-electron chi connectivity index (χ4n) is 3.99. The van der Waals surface area contributed by atoms with Gasteiger partial charge in [-0.3, -0.25) is 15.8 Å². The number of benzene rings is 1. The van der Waals surface area contributed by atoms with Crippen LogP contribution in [0.25, 0.3) is 0 Å². The summed E-state index contributed by atoms with van der Waals surface area (Å²) in [6, 6.07) is 5.32. The third-order valence-electron chi connectivity index (χ3n) is 5.69. The molecule has 10 heteroatoms. The largest absolute Gasteiger partial charge is 0.330 e. The summed E-state index contributed by atoms with van der Waals surface area (Å²) in [7, 11) is 0. The van der Waals surface area contributed by atoms with E-state index in [2.05, 4.69) is 15.6 Å². The molecular weight excluding hydrogens is 415 g/mol. The number of aliphatic imine (C=N–C) groups is 1. The monoisotopic (exact) mass is 440 g/mol. The maximum Gasteiger partial charge on any atom is 0.301 e. The van der Waals surface area contributed by atoms with Crippen molar-refractivity contribution in [2.45, 2.75) is 44.3 Å². The molecule has 0 spiro atoms.